The Labute approximate surface area is 214 Å². The van der Waals surface area contributed by atoms with Crippen LogP contribution in [-0.4, -0.2) is 72.0 Å². The summed E-state index contributed by atoms with van der Waals surface area (Å²) in [7, 11) is 0. The molecule has 194 valence electrons. The second kappa shape index (κ2) is 14.1. The average molecular weight is 507 g/mol. The van der Waals surface area contributed by atoms with Gasteiger partial charge in [0.2, 0.25) is 11.8 Å². The van der Waals surface area contributed by atoms with Gasteiger partial charge in [0.05, 0.1) is 0 Å². The van der Waals surface area contributed by atoms with Crippen LogP contribution in [0, 0.1) is 0 Å². The van der Waals surface area contributed by atoms with Gasteiger partial charge < -0.3 is 20.3 Å². The van der Waals surface area contributed by atoms with Crippen LogP contribution in [0.15, 0.2) is 43.0 Å². The summed E-state index contributed by atoms with van der Waals surface area (Å²) in [6, 6.07) is 9.02. The SMILES string of the molecule is C=CCN1CCC2(CC1)C(=O)N[C@@H](CCCCNC(=O)OCc1ccccc1)C(=O)N2CCC.Cl. The molecule has 0 saturated carbocycles. The summed E-state index contributed by atoms with van der Waals surface area (Å²) < 4.78 is 5.21. The molecule has 0 aromatic heterocycles. The van der Waals surface area contributed by atoms with Gasteiger partial charge in [0, 0.05) is 32.7 Å². The summed E-state index contributed by atoms with van der Waals surface area (Å²) >= 11 is 0. The summed E-state index contributed by atoms with van der Waals surface area (Å²) in [6.45, 7) is 9.49. The Morgan fingerprint density at radius 2 is 1.94 bits per heavy atom. The second-order valence-corrected chi connectivity index (χ2v) is 9.12. The van der Waals surface area contributed by atoms with Crippen LogP contribution in [0.2, 0.25) is 0 Å². The minimum absolute atomic E-state index is 0. The maximum absolute atomic E-state index is 13.3. The highest BCUT2D eigenvalue weighted by molar-refractivity contribution is 6.00. The number of carbonyl (C=O) groups is 3. The zero-order valence-corrected chi connectivity index (χ0v) is 21.5. The van der Waals surface area contributed by atoms with E-state index in [1.165, 1.54) is 0 Å². The van der Waals surface area contributed by atoms with Gasteiger partial charge in [-0.2, -0.15) is 0 Å². The molecular formula is C26H39ClN4O4. The molecule has 1 aromatic carbocycles. The molecule has 8 nitrogen and oxygen atoms in total. The number of likely N-dealkylation sites (tertiary alicyclic amines) is 1. The summed E-state index contributed by atoms with van der Waals surface area (Å²) in [5.41, 5.74) is 0.204. The molecule has 9 heteroatoms. The van der Waals surface area contributed by atoms with Crippen LogP contribution in [0.1, 0.15) is 51.0 Å². The Morgan fingerprint density at radius 3 is 2.60 bits per heavy atom. The molecule has 0 radical (unpaired) electrons. The Morgan fingerprint density at radius 1 is 1.23 bits per heavy atom. The molecule has 35 heavy (non-hydrogen) atoms. The zero-order valence-electron chi connectivity index (χ0n) is 20.7. The molecule has 2 N–H and O–H groups in total. The minimum atomic E-state index is -0.731. The lowest BCUT2D eigenvalue weighted by atomic mass is 9.81. The minimum Gasteiger partial charge on any atom is -0.445 e. The first-order valence-corrected chi connectivity index (χ1v) is 12.4. The first-order chi connectivity index (χ1) is 16.5. The highest BCUT2D eigenvalue weighted by Crippen LogP contribution is 2.33. The van der Waals surface area contributed by atoms with Gasteiger partial charge in [-0.15, -0.1) is 19.0 Å². The number of amides is 3. The van der Waals surface area contributed by atoms with Gasteiger partial charge in [-0.25, -0.2) is 4.79 Å². The average Bonchev–Trinajstić information content (AvgIpc) is 2.85. The van der Waals surface area contributed by atoms with E-state index in [1.807, 2.05) is 48.2 Å². The van der Waals surface area contributed by atoms with Gasteiger partial charge >= 0.3 is 6.09 Å². The van der Waals surface area contributed by atoms with Gasteiger partial charge in [-0.1, -0.05) is 43.3 Å². The number of unbranched alkanes of at least 4 members (excludes halogenated alkanes) is 1. The van der Waals surface area contributed by atoms with Crippen molar-refractivity contribution in [2.75, 3.05) is 32.7 Å². The fourth-order valence-electron chi connectivity index (χ4n) is 4.84. The summed E-state index contributed by atoms with van der Waals surface area (Å²) in [6.07, 6.45) is 5.53. The standard InChI is InChI=1S/C26H38N4O4.ClH/c1-3-16-29-18-13-26(14-19-29)24(32)28-22(23(31)30(26)17-4-2)12-8-9-15-27-25(33)34-20-21-10-6-5-7-11-21;/h3,5-7,10-11,22H,1,4,8-9,12-20H2,2H3,(H,27,33)(H,28,32);1H/t22-;/m0./s1. The van der Waals surface area contributed by atoms with Gasteiger partial charge in [-0.05, 0) is 44.1 Å². The third-order valence-electron chi connectivity index (χ3n) is 6.73. The number of piperazine rings is 1. The molecule has 0 aliphatic carbocycles. The van der Waals surface area contributed by atoms with Crippen molar-refractivity contribution in [3.05, 3.63) is 48.6 Å². The molecule has 2 saturated heterocycles. The molecule has 2 aliphatic rings. The van der Waals surface area contributed by atoms with Crippen LogP contribution in [0.25, 0.3) is 0 Å². The number of benzene rings is 1. The number of piperidine rings is 1. The van der Waals surface area contributed by atoms with E-state index in [2.05, 4.69) is 22.1 Å². The van der Waals surface area contributed by atoms with Crippen LogP contribution in [0.4, 0.5) is 4.79 Å². The lowest BCUT2D eigenvalue weighted by Crippen LogP contribution is -2.72. The van der Waals surface area contributed by atoms with E-state index in [4.69, 9.17) is 4.74 Å². The van der Waals surface area contributed by atoms with Crippen LogP contribution in [-0.2, 0) is 20.9 Å². The number of alkyl carbamates (subject to hydrolysis) is 1. The summed E-state index contributed by atoms with van der Waals surface area (Å²) in [5.74, 6) is 0.000249. The molecule has 0 bridgehead atoms. The van der Waals surface area contributed by atoms with Crippen molar-refractivity contribution < 1.29 is 19.1 Å². The Bertz CT molecular complexity index is 843. The fourth-order valence-corrected chi connectivity index (χ4v) is 4.84. The highest BCUT2D eigenvalue weighted by Gasteiger charge is 2.52. The lowest BCUT2D eigenvalue weighted by molar-refractivity contribution is -0.161. The molecule has 2 heterocycles. The predicted octanol–water partition coefficient (Wildman–Crippen LogP) is 3.26. The van der Waals surface area contributed by atoms with Crippen molar-refractivity contribution in [2.24, 2.45) is 0 Å². The quantitative estimate of drug-likeness (QED) is 0.355. The molecule has 3 rings (SSSR count). The number of ether oxygens (including phenoxy) is 1. The normalized spacial score (nSPS) is 19.6. The molecule has 1 aromatic rings. The summed E-state index contributed by atoms with van der Waals surface area (Å²) in [4.78, 5) is 42.5. The van der Waals surface area contributed by atoms with Crippen LogP contribution >= 0.6 is 12.4 Å². The molecular weight excluding hydrogens is 468 g/mol. The number of carbonyl (C=O) groups excluding carboxylic acids is 3. The smallest absolute Gasteiger partial charge is 0.407 e. The van der Waals surface area contributed by atoms with Crippen molar-refractivity contribution in [2.45, 2.75) is 63.6 Å². The topological polar surface area (TPSA) is 91.0 Å². The van der Waals surface area contributed by atoms with Gasteiger partial charge in [0.25, 0.3) is 0 Å². The maximum Gasteiger partial charge on any atom is 0.407 e. The number of rotatable bonds is 11. The number of hydrogen-bond acceptors (Lipinski definition) is 5. The first kappa shape index (κ1) is 28.7. The van der Waals surface area contributed by atoms with Gasteiger partial charge in [0.15, 0.2) is 0 Å². The third kappa shape index (κ3) is 7.45. The predicted molar refractivity (Wildman–Crippen MR) is 138 cm³/mol. The number of halogens is 1. The molecule has 0 unspecified atom stereocenters. The Kier molecular flexibility index (Phi) is 11.5. The van der Waals surface area contributed by atoms with E-state index >= 15 is 0 Å². The Balaban J connectivity index is 0.00000432. The third-order valence-corrected chi connectivity index (χ3v) is 6.73. The number of hydrogen-bond donors (Lipinski definition) is 2. The fraction of sp³-hybridized carbons (Fsp3) is 0.577. The zero-order chi connectivity index (χ0) is 24.4. The van der Waals surface area contributed by atoms with Gasteiger partial charge in [-0.3, -0.25) is 14.5 Å². The van der Waals surface area contributed by atoms with E-state index in [9.17, 15) is 14.4 Å². The van der Waals surface area contributed by atoms with Crippen LogP contribution < -0.4 is 10.6 Å². The lowest BCUT2D eigenvalue weighted by Gasteiger charge is -2.51. The van der Waals surface area contributed by atoms with E-state index in [0.717, 1.165) is 38.0 Å². The monoisotopic (exact) mass is 506 g/mol. The van der Waals surface area contributed by atoms with E-state index in [0.29, 0.717) is 38.8 Å². The summed E-state index contributed by atoms with van der Waals surface area (Å²) in [5, 5.41) is 5.76. The molecule has 1 atom stereocenters. The molecule has 3 amide bonds. The number of nitrogens with one attached hydrogen (secondary N) is 2. The molecule has 2 aliphatic heterocycles. The van der Waals surface area contributed by atoms with Crippen molar-refractivity contribution in [1.82, 2.24) is 20.4 Å². The van der Waals surface area contributed by atoms with Crippen molar-refractivity contribution >= 4 is 30.3 Å². The van der Waals surface area contributed by atoms with Crippen LogP contribution in [0.3, 0.4) is 0 Å². The second-order valence-electron chi connectivity index (χ2n) is 9.12. The van der Waals surface area contributed by atoms with Crippen molar-refractivity contribution in [1.29, 1.82) is 0 Å². The van der Waals surface area contributed by atoms with Crippen LogP contribution in [0.5, 0.6) is 0 Å². The Hall–Kier alpha value is -2.58. The van der Waals surface area contributed by atoms with E-state index in [-0.39, 0.29) is 30.8 Å². The largest absolute Gasteiger partial charge is 0.445 e. The van der Waals surface area contributed by atoms with E-state index in [1.54, 1.807) is 0 Å². The molecule has 2 fully saturated rings. The van der Waals surface area contributed by atoms with E-state index < -0.39 is 17.7 Å². The van der Waals surface area contributed by atoms with Gasteiger partial charge in [0.1, 0.15) is 18.2 Å². The maximum atomic E-state index is 13.3. The highest BCUT2D eigenvalue weighted by atomic mass is 35.5. The van der Waals surface area contributed by atoms with Crippen molar-refractivity contribution in [3.8, 4) is 0 Å². The molecule has 1 spiro atoms. The first-order valence-electron chi connectivity index (χ1n) is 12.4. The number of nitrogens with zero attached hydrogens (tertiary/aromatic N) is 2. The van der Waals surface area contributed by atoms with Crippen molar-refractivity contribution in [3.63, 3.8) is 0 Å².